The predicted molar refractivity (Wildman–Crippen MR) is 92.1 cm³/mol. The van der Waals surface area contributed by atoms with E-state index < -0.39 is 11.6 Å². The van der Waals surface area contributed by atoms with Crippen LogP contribution in [-0.4, -0.2) is 35.5 Å². The summed E-state index contributed by atoms with van der Waals surface area (Å²) in [6.07, 6.45) is 2.83. The van der Waals surface area contributed by atoms with Gasteiger partial charge < -0.3 is 10.4 Å². The molecule has 2 aromatic rings. The number of anilines is 1. The first-order valence-corrected chi connectivity index (χ1v) is 7.96. The second-order valence-corrected chi connectivity index (χ2v) is 5.97. The summed E-state index contributed by atoms with van der Waals surface area (Å²) in [6, 6.07) is 9.95. The molecule has 0 aliphatic carbocycles. The maximum atomic E-state index is 13.1. The third kappa shape index (κ3) is 4.64. The molecule has 0 atom stereocenters. The van der Waals surface area contributed by atoms with Crippen LogP contribution in [0.4, 0.5) is 14.5 Å². The standard InChI is InChI=1S/C19H18F2N2O2/c20-15-9-16(21)11-17(10-15)22-19(25)12-23-7-5-14(6-8-23)13-1-3-18(24)4-2-13/h1-5,9-11,24H,6-8,12H2,(H,22,25). The van der Waals surface area contributed by atoms with E-state index in [0.29, 0.717) is 13.1 Å². The van der Waals surface area contributed by atoms with Crippen LogP contribution < -0.4 is 5.32 Å². The summed E-state index contributed by atoms with van der Waals surface area (Å²) in [5.74, 6) is -1.54. The number of phenolic OH excluding ortho intramolecular Hbond substituents is 1. The number of carbonyl (C=O) groups excluding carboxylic acids is 1. The quantitative estimate of drug-likeness (QED) is 0.894. The van der Waals surface area contributed by atoms with Crippen molar-refractivity contribution < 1.29 is 18.7 Å². The molecular weight excluding hydrogens is 326 g/mol. The average Bonchev–Trinajstić information content (AvgIpc) is 2.55. The fourth-order valence-corrected chi connectivity index (χ4v) is 2.82. The number of nitrogens with one attached hydrogen (secondary N) is 1. The third-order valence-electron chi connectivity index (χ3n) is 4.04. The molecule has 2 aromatic carbocycles. The summed E-state index contributed by atoms with van der Waals surface area (Å²) in [4.78, 5) is 14.0. The summed E-state index contributed by atoms with van der Waals surface area (Å²) in [6.45, 7) is 1.47. The van der Waals surface area contributed by atoms with E-state index in [1.807, 2.05) is 23.1 Å². The van der Waals surface area contributed by atoms with Gasteiger partial charge in [-0.2, -0.15) is 0 Å². The van der Waals surface area contributed by atoms with Crippen molar-refractivity contribution in [2.45, 2.75) is 6.42 Å². The van der Waals surface area contributed by atoms with Crippen molar-refractivity contribution in [1.82, 2.24) is 4.90 Å². The van der Waals surface area contributed by atoms with Gasteiger partial charge in [-0.05, 0) is 41.8 Å². The molecule has 0 aromatic heterocycles. The molecule has 0 fully saturated rings. The fraction of sp³-hybridized carbons (Fsp3) is 0.211. The maximum absolute atomic E-state index is 13.1. The zero-order valence-corrected chi connectivity index (χ0v) is 13.5. The lowest BCUT2D eigenvalue weighted by atomic mass is 9.99. The predicted octanol–water partition coefficient (Wildman–Crippen LogP) is 3.40. The van der Waals surface area contributed by atoms with E-state index in [1.165, 1.54) is 5.57 Å². The van der Waals surface area contributed by atoms with Crippen LogP contribution >= 0.6 is 0 Å². The Morgan fingerprint density at radius 2 is 1.80 bits per heavy atom. The largest absolute Gasteiger partial charge is 0.508 e. The first kappa shape index (κ1) is 17.1. The molecule has 4 nitrogen and oxygen atoms in total. The van der Waals surface area contributed by atoms with Crippen molar-refractivity contribution in [3.8, 4) is 5.75 Å². The summed E-state index contributed by atoms with van der Waals surface area (Å²) >= 11 is 0. The van der Waals surface area contributed by atoms with Crippen LogP contribution in [0, 0.1) is 11.6 Å². The van der Waals surface area contributed by atoms with Gasteiger partial charge in [0.2, 0.25) is 5.91 Å². The highest BCUT2D eigenvalue weighted by Gasteiger charge is 2.16. The summed E-state index contributed by atoms with van der Waals surface area (Å²) in [7, 11) is 0. The minimum Gasteiger partial charge on any atom is -0.508 e. The number of carbonyl (C=O) groups is 1. The van der Waals surface area contributed by atoms with E-state index >= 15 is 0 Å². The Hall–Kier alpha value is -2.73. The molecule has 2 N–H and O–H groups in total. The Morgan fingerprint density at radius 1 is 1.12 bits per heavy atom. The molecule has 0 spiro atoms. The van der Waals surface area contributed by atoms with Crippen LogP contribution in [0.5, 0.6) is 5.75 Å². The number of phenols is 1. The van der Waals surface area contributed by atoms with Crippen LogP contribution in [0.1, 0.15) is 12.0 Å². The Labute approximate surface area is 144 Å². The van der Waals surface area contributed by atoms with E-state index in [0.717, 1.165) is 30.2 Å². The molecule has 0 bridgehead atoms. The van der Waals surface area contributed by atoms with Gasteiger partial charge in [-0.1, -0.05) is 18.2 Å². The lowest BCUT2D eigenvalue weighted by Crippen LogP contribution is -2.36. The van der Waals surface area contributed by atoms with E-state index in [9.17, 15) is 18.7 Å². The molecule has 1 amide bonds. The van der Waals surface area contributed by atoms with Crippen LogP contribution in [0.2, 0.25) is 0 Å². The van der Waals surface area contributed by atoms with Crippen molar-refractivity contribution >= 4 is 17.2 Å². The second kappa shape index (κ2) is 7.44. The highest BCUT2D eigenvalue weighted by Crippen LogP contribution is 2.24. The molecule has 0 unspecified atom stereocenters. The Kier molecular flexibility index (Phi) is 5.09. The zero-order chi connectivity index (χ0) is 17.8. The van der Waals surface area contributed by atoms with E-state index in [1.54, 1.807) is 12.1 Å². The highest BCUT2D eigenvalue weighted by atomic mass is 19.1. The van der Waals surface area contributed by atoms with Gasteiger partial charge in [-0.15, -0.1) is 0 Å². The first-order chi connectivity index (χ1) is 12.0. The van der Waals surface area contributed by atoms with Crippen LogP contribution in [0.15, 0.2) is 48.5 Å². The van der Waals surface area contributed by atoms with E-state index in [4.69, 9.17) is 0 Å². The number of amides is 1. The minimum absolute atomic E-state index is 0.111. The number of benzene rings is 2. The van der Waals surface area contributed by atoms with Crippen LogP contribution in [-0.2, 0) is 4.79 Å². The number of rotatable bonds is 4. The summed E-state index contributed by atoms with van der Waals surface area (Å²) in [5.41, 5.74) is 2.33. The Morgan fingerprint density at radius 3 is 2.40 bits per heavy atom. The average molecular weight is 344 g/mol. The van der Waals surface area contributed by atoms with Crippen LogP contribution in [0.25, 0.3) is 5.57 Å². The Balaban J connectivity index is 1.56. The third-order valence-corrected chi connectivity index (χ3v) is 4.04. The van der Waals surface area contributed by atoms with Gasteiger partial charge in [0.25, 0.3) is 0 Å². The first-order valence-electron chi connectivity index (χ1n) is 7.96. The van der Waals surface area contributed by atoms with Crippen LogP contribution in [0.3, 0.4) is 0 Å². The number of aromatic hydroxyl groups is 1. The molecule has 130 valence electrons. The van der Waals surface area contributed by atoms with E-state index in [-0.39, 0.29) is 23.9 Å². The molecule has 3 rings (SSSR count). The molecule has 0 saturated carbocycles. The molecule has 0 saturated heterocycles. The maximum Gasteiger partial charge on any atom is 0.238 e. The van der Waals surface area contributed by atoms with Crippen molar-refractivity contribution in [3.05, 3.63) is 65.7 Å². The number of halogens is 2. The fourth-order valence-electron chi connectivity index (χ4n) is 2.82. The topological polar surface area (TPSA) is 52.6 Å². The van der Waals surface area contributed by atoms with Gasteiger partial charge in [-0.25, -0.2) is 8.78 Å². The zero-order valence-electron chi connectivity index (χ0n) is 13.5. The van der Waals surface area contributed by atoms with Crippen molar-refractivity contribution in [1.29, 1.82) is 0 Å². The molecule has 1 aliphatic rings. The van der Waals surface area contributed by atoms with E-state index in [2.05, 4.69) is 5.32 Å². The number of nitrogens with zero attached hydrogens (tertiary/aromatic N) is 1. The lowest BCUT2D eigenvalue weighted by Gasteiger charge is -2.26. The minimum atomic E-state index is -0.727. The Bertz CT molecular complexity index is 783. The normalized spacial score (nSPS) is 14.9. The van der Waals surface area contributed by atoms with Crippen molar-refractivity contribution in [2.75, 3.05) is 25.0 Å². The summed E-state index contributed by atoms with van der Waals surface area (Å²) < 4.78 is 26.3. The molecule has 0 radical (unpaired) electrons. The lowest BCUT2D eigenvalue weighted by molar-refractivity contribution is -0.117. The monoisotopic (exact) mass is 344 g/mol. The van der Waals surface area contributed by atoms with Gasteiger partial charge in [0, 0.05) is 24.8 Å². The SMILES string of the molecule is O=C(CN1CC=C(c2ccc(O)cc2)CC1)Nc1cc(F)cc(F)c1. The molecular formula is C19H18F2N2O2. The van der Waals surface area contributed by atoms with Gasteiger partial charge in [0.15, 0.2) is 0 Å². The number of hydrogen-bond donors (Lipinski definition) is 2. The van der Waals surface area contributed by atoms with Crippen molar-refractivity contribution in [2.24, 2.45) is 0 Å². The molecule has 1 heterocycles. The highest BCUT2D eigenvalue weighted by molar-refractivity contribution is 5.92. The van der Waals surface area contributed by atoms with Crippen molar-refractivity contribution in [3.63, 3.8) is 0 Å². The molecule has 25 heavy (non-hydrogen) atoms. The van der Waals surface area contributed by atoms with Gasteiger partial charge in [-0.3, -0.25) is 9.69 Å². The van der Waals surface area contributed by atoms with Gasteiger partial charge in [0.1, 0.15) is 17.4 Å². The van der Waals surface area contributed by atoms with Gasteiger partial charge >= 0.3 is 0 Å². The number of hydrogen-bond acceptors (Lipinski definition) is 3. The molecule has 1 aliphatic heterocycles. The smallest absolute Gasteiger partial charge is 0.238 e. The second-order valence-electron chi connectivity index (χ2n) is 5.97. The van der Waals surface area contributed by atoms with Gasteiger partial charge in [0.05, 0.1) is 6.54 Å². The molecule has 6 heteroatoms. The summed E-state index contributed by atoms with van der Waals surface area (Å²) in [5, 5.41) is 11.8.